The maximum absolute atomic E-state index is 15.4. The van der Waals surface area contributed by atoms with Gasteiger partial charge in [0, 0.05) is 45.1 Å². The highest BCUT2D eigenvalue weighted by atomic mass is 19.1. The van der Waals surface area contributed by atoms with Crippen LogP contribution in [0, 0.1) is 5.82 Å². The topological polar surface area (TPSA) is 30.7 Å². The molecule has 1 aliphatic rings. The van der Waals surface area contributed by atoms with Gasteiger partial charge in [-0.2, -0.15) is 0 Å². The van der Waals surface area contributed by atoms with Crippen LogP contribution in [0.25, 0.3) is 60.8 Å². The smallest absolute Gasteiger partial charge is 0.133 e. The average molecular weight is 387 g/mol. The third-order valence-corrected chi connectivity index (χ3v) is 6.12. The molecule has 4 aromatic carbocycles. The van der Waals surface area contributed by atoms with Gasteiger partial charge < -0.3 is 4.57 Å². The molecule has 0 atom stereocenters. The molecule has 3 nitrogen and oxygen atoms in total. The minimum absolute atomic E-state index is 0.236. The number of hydrogen-bond acceptors (Lipinski definition) is 2. The molecule has 2 heterocycles. The van der Waals surface area contributed by atoms with E-state index in [-0.39, 0.29) is 5.82 Å². The number of rotatable bonds is 1. The van der Waals surface area contributed by atoms with Crippen LogP contribution in [0.1, 0.15) is 0 Å². The molecular weight excluding hydrogens is 373 g/mol. The number of aromatic nitrogens is 3. The third-order valence-electron chi connectivity index (χ3n) is 6.12. The summed E-state index contributed by atoms with van der Waals surface area (Å²) >= 11 is 0. The molecule has 0 saturated heterocycles. The minimum atomic E-state index is -0.236. The quantitative estimate of drug-likeness (QED) is 0.321. The summed E-state index contributed by atoms with van der Waals surface area (Å²) in [7, 11) is 0. The SMILES string of the molecule is Fc1ccc2c3c(ccc(-n4c5ccccc5c5ccccc54)c13)-c1nccnc1-2. The van der Waals surface area contributed by atoms with Crippen molar-refractivity contribution >= 4 is 32.6 Å². The van der Waals surface area contributed by atoms with Gasteiger partial charge in [0.1, 0.15) is 5.82 Å². The van der Waals surface area contributed by atoms with E-state index in [0.717, 1.165) is 55.4 Å². The first-order valence-corrected chi connectivity index (χ1v) is 9.88. The van der Waals surface area contributed by atoms with Crippen molar-refractivity contribution < 1.29 is 4.39 Å². The van der Waals surface area contributed by atoms with Crippen molar-refractivity contribution in [2.45, 2.75) is 0 Å². The Kier molecular flexibility index (Phi) is 2.91. The molecule has 0 saturated carbocycles. The number of hydrogen-bond donors (Lipinski definition) is 0. The van der Waals surface area contributed by atoms with Gasteiger partial charge in [0.2, 0.25) is 0 Å². The Morgan fingerprint density at radius 3 is 1.80 bits per heavy atom. The lowest BCUT2D eigenvalue weighted by molar-refractivity contribution is 0.639. The van der Waals surface area contributed by atoms with E-state index < -0.39 is 0 Å². The van der Waals surface area contributed by atoms with Gasteiger partial charge in [0.25, 0.3) is 0 Å². The first kappa shape index (κ1) is 15.8. The van der Waals surface area contributed by atoms with Crippen LogP contribution in [0.5, 0.6) is 0 Å². The molecule has 0 radical (unpaired) electrons. The lowest BCUT2D eigenvalue weighted by Gasteiger charge is -2.13. The Morgan fingerprint density at radius 2 is 1.17 bits per heavy atom. The van der Waals surface area contributed by atoms with E-state index in [2.05, 4.69) is 38.8 Å². The van der Waals surface area contributed by atoms with Crippen LogP contribution in [0.2, 0.25) is 0 Å². The molecule has 0 bridgehead atoms. The summed E-state index contributed by atoms with van der Waals surface area (Å²) in [6.07, 6.45) is 3.38. The normalized spacial score (nSPS) is 12.2. The first-order valence-electron chi connectivity index (χ1n) is 9.88. The van der Waals surface area contributed by atoms with Crippen molar-refractivity contribution in [3.63, 3.8) is 0 Å². The zero-order valence-corrected chi connectivity index (χ0v) is 15.8. The Labute approximate surface area is 171 Å². The van der Waals surface area contributed by atoms with Crippen LogP contribution < -0.4 is 0 Å². The van der Waals surface area contributed by atoms with Crippen molar-refractivity contribution in [1.29, 1.82) is 0 Å². The lowest BCUT2D eigenvalue weighted by Crippen LogP contribution is -1.97. The fourth-order valence-electron chi connectivity index (χ4n) is 4.93. The van der Waals surface area contributed by atoms with Crippen LogP contribution in [0.3, 0.4) is 0 Å². The molecule has 0 fully saturated rings. The van der Waals surface area contributed by atoms with E-state index in [1.807, 2.05) is 42.5 Å². The zero-order chi connectivity index (χ0) is 19.8. The second-order valence-electron chi connectivity index (χ2n) is 7.60. The zero-order valence-electron chi connectivity index (χ0n) is 15.8. The molecule has 140 valence electrons. The molecule has 0 amide bonds. The molecule has 2 aromatic heterocycles. The molecule has 30 heavy (non-hydrogen) atoms. The van der Waals surface area contributed by atoms with E-state index in [1.165, 1.54) is 0 Å². The highest BCUT2D eigenvalue weighted by Gasteiger charge is 2.27. The summed E-state index contributed by atoms with van der Waals surface area (Å²) in [4.78, 5) is 9.06. The molecule has 1 aliphatic carbocycles. The predicted molar refractivity (Wildman–Crippen MR) is 118 cm³/mol. The highest BCUT2D eigenvalue weighted by molar-refractivity contribution is 6.17. The molecule has 0 N–H and O–H groups in total. The van der Waals surface area contributed by atoms with E-state index in [1.54, 1.807) is 18.5 Å². The standard InChI is InChI=1S/C26H14FN3/c27-19-11-9-17-23-18(26-25(17)28-13-14-29-26)10-12-22(24(19)23)30-20-7-3-1-5-15(20)16-6-2-4-8-21(16)30/h1-14H. The number of halogens is 1. The van der Waals surface area contributed by atoms with Gasteiger partial charge in [0.05, 0.1) is 28.1 Å². The van der Waals surface area contributed by atoms with Gasteiger partial charge in [-0.05, 0) is 36.4 Å². The minimum Gasteiger partial charge on any atom is -0.309 e. The Balaban J connectivity index is 1.70. The van der Waals surface area contributed by atoms with Gasteiger partial charge in [-0.3, -0.25) is 9.97 Å². The molecular formula is C26H14FN3. The van der Waals surface area contributed by atoms with E-state index in [4.69, 9.17) is 0 Å². The van der Waals surface area contributed by atoms with E-state index >= 15 is 4.39 Å². The maximum atomic E-state index is 15.4. The largest absolute Gasteiger partial charge is 0.309 e. The molecule has 7 rings (SSSR count). The van der Waals surface area contributed by atoms with Gasteiger partial charge >= 0.3 is 0 Å². The van der Waals surface area contributed by atoms with E-state index in [0.29, 0.717) is 5.39 Å². The molecule has 6 aromatic rings. The number of fused-ring (bicyclic) bond motifs is 6. The van der Waals surface area contributed by atoms with Crippen LogP contribution in [-0.4, -0.2) is 14.5 Å². The monoisotopic (exact) mass is 387 g/mol. The summed E-state index contributed by atoms with van der Waals surface area (Å²) < 4.78 is 17.6. The fourth-order valence-corrected chi connectivity index (χ4v) is 4.93. The van der Waals surface area contributed by atoms with Gasteiger partial charge in [-0.15, -0.1) is 0 Å². The summed E-state index contributed by atoms with van der Waals surface area (Å²) in [5, 5.41) is 3.80. The second kappa shape index (κ2) is 5.51. The van der Waals surface area contributed by atoms with E-state index in [9.17, 15) is 0 Å². The Morgan fingerprint density at radius 1 is 0.600 bits per heavy atom. The van der Waals surface area contributed by atoms with Gasteiger partial charge in [-0.1, -0.05) is 36.4 Å². The van der Waals surface area contributed by atoms with Gasteiger partial charge in [0.15, 0.2) is 0 Å². The van der Waals surface area contributed by atoms with Crippen molar-refractivity contribution in [3.8, 4) is 28.2 Å². The van der Waals surface area contributed by atoms with Crippen LogP contribution in [0.15, 0.2) is 85.2 Å². The summed E-state index contributed by atoms with van der Waals surface area (Å²) in [6, 6.07) is 24.0. The Bertz CT molecular complexity index is 1580. The van der Waals surface area contributed by atoms with Crippen LogP contribution >= 0.6 is 0 Å². The predicted octanol–water partition coefficient (Wildman–Crippen LogP) is 6.51. The van der Waals surface area contributed by atoms with Crippen LogP contribution in [-0.2, 0) is 0 Å². The lowest BCUT2D eigenvalue weighted by atomic mass is 10.0. The molecule has 0 unspecified atom stereocenters. The summed E-state index contributed by atoms with van der Waals surface area (Å²) in [5.41, 5.74) is 6.46. The van der Waals surface area contributed by atoms with Crippen molar-refractivity contribution in [3.05, 3.63) is 91.0 Å². The summed E-state index contributed by atoms with van der Waals surface area (Å²) in [6.45, 7) is 0. The number of nitrogens with zero attached hydrogens (tertiary/aromatic N) is 3. The van der Waals surface area contributed by atoms with Crippen molar-refractivity contribution in [2.24, 2.45) is 0 Å². The number of benzene rings is 4. The first-order chi connectivity index (χ1) is 14.8. The summed E-state index contributed by atoms with van der Waals surface area (Å²) in [5.74, 6) is -0.236. The third kappa shape index (κ3) is 1.83. The molecule has 0 spiro atoms. The fraction of sp³-hybridized carbons (Fsp3) is 0. The van der Waals surface area contributed by atoms with Crippen molar-refractivity contribution in [2.75, 3.05) is 0 Å². The van der Waals surface area contributed by atoms with Crippen molar-refractivity contribution in [1.82, 2.24) is 14.5 Å². The Hall–Kier alpha value is -4.05. The second-order valence-corrected chi connectivity index (χ2v) is 7.60. The van der Waals surface area contributed by atoms with Gasteiger partial charge in [-0.25, -0.2) is 4.39 Å². The average Bonchev–Trinajstić information content (AvgIpc) is 3.30. The van der Waals surface area contributed by atoms with Crippen LogP contribution in [0.4, 0.5) is 4.39 Å². The highest BCUT2D eigenvalue weighted by Crippen LogP contribution is 2.48. The number of para-hydroxylation sites is 2. The maximum Gasteiger partial charge on any atom is 0.133 e. The molecule has 0 aliphatic heterocycles. The molecule has 4 heteroatoms.